The maximum Gasteiger partial charge on any atom is 0.238 e. The fraction of sp³-hybridized carbons (Fsp3) is 0.133. The predicted octanol–water partition coefficient (Wildman–Crippen LogP) is 3.21. The molecule has 1 amide bonds. The molecule has 0 bridgehead atoms. The van der Waals surface area contributed by atoms with Crippen molar-refractivity contribution in [2.45, 2.75) is 6.54 Å². The Labute approximate surface area is 121 Å². The molecule has 104 valence electrons. The Kier molecular flexibility index (Phi) is 5.09. The third-order valence-corrected chi connectivity index (χ3v) is 2.87. The minimum absolute atomic E-state index is 0.171. The van der Waals surface area contributed by atoms with E-state index in [-0.39, 0.29) is 18.3 Å². The number of hydrogen-bond acceptors (Lipinski definition) is 2. The van der Waals surface area contributed by atoms with Gasteiger partial charge in [0.2, 0.25) is 5.91 Å². The third kappa shape index (κ3) is 4.64. The first-order chi connectivity index (χ1) is 9.63. The van der Waals surface area contributed by atoms with Gasteiger partial charge in [-0.2, -0.15) is 0 Å². The van der Waals surface area contributed by atoms with Gasteiger partial charge in [-0.15, -0.1) is 0 Å². The normalized spacial score (nSPS) is 10.3. The summed E-state index contributed by atoms with van der Waals surface area (Å²) in [5, 5.41) is 6.35. The molecule has 0 fully saturated rings. The molecule has 20 heavy (non-hydrogen) atoms. The van der Waals surface area contributed by atoms with E-state index >= 15 is 0 Å². The highest BCUT2D eigenvalue weighted by molar-refractivity contribution is 6.30. The zero-order valence-electron chi connectivity index (χ0n) is 10.7. The van der Waals surface area contributed by atoms with Crippen molar-refractivity contribution in [3.8, 4) is 0 Å². The molecule has 0 atom stereocenters. The molecular weight excluding hydrogens is 279 g/mol. The van der Waals surface area contributed by atoms with Crippen molar-refractivity contribution in [3.05, 3.63) is 64.9 Å². The van der Waals surface area contributed by atoms with Crippen molar-refractivity contribution in [1.29, 1.82) is 0 Å². The molecule has 2 N–H and O–H groups in total. The van der Waals surface area contributed by atoms with E-state index in [9.17, 15) is 9.18 Å². The second-order valence-electron chi connectivity index (χ2n) is 4.29. The van der Waals surface area contributed by atoms with Gasteiger partial charge in [0.05, 0.1) is 6.54 Å². The third-order valence-electron chi connectivity index (χ3n) is 2.63. The van der Waals surface area contributed by atoms with Gasteiger partial charge in [0.1, 0.15) is 5.82 Å². The molecule has 3 nitrogen and oxygen atoms in total. The Morgan fingerprint density at radius 2 is 1.90 bits per heavy atom. The molecule has 5 heteroatoms. The minimum atomic E-state index is -0.331. The fourth-order valence-corrected chi connectivity index (χ4v) is 1.92. The quantitative estimate of drug-likeness (QED) is 0.888. The van der Waals surface area contributed by atoms with Crippen LogP contribution in [0.3, 0.4) is 0 Å². The van der Waals surface area contributed by atoms with Crippen LogP contribution in [-0.2, 0) is 11.3 Å². The van der Waals surface area contributed by atoms with Gasteiger partial charge in [-0.3, -0.25) is 4.79 Å². The van der Waals surface area contributed by atoms with Gasteiger partial charge < -0.3 is 10.6 Å². The monoisotopic (exact) mass is 292 g/mol. The SMILES string of the molecule is O=C(CNCc1cccc(Cl)c1)Nc1ccc(F)cc1. The maximum atomic E-state index is 12.7. The van der Waals surface area contributed by atoms with E-state index in [0.29, 0.717) is 17.3 Å². The Bertz CT molecular complexity index is 587. The van der Waals surface area contributed by atoms with Crippen LogP contribution < -0.4 is 10.6 Å². The average molecular weight is 293 g/mol. The van der Waals surface area contributed by atoms with Gasteiger partial charge in [-0.1, -0.05) is 23.7 Å². The van der Waals surface area contributed by atoms with Gasteiger partial charge in [0.15, 0.2) is 0 Å². The molecule has 0 saturated carbocycles. The van der Waals surface area contributed by atoms with Crippen LogP contribution in [-0.4, -0.2) is 12.5 Å². The summed E-state index contributed by atoms with van der Waals surface area (Å²) in [4.78, 5) is 11.7. The van der Waals surface area contributed by atoms with Gasteiger partial charge in [-0.25, -0.2) is 4.39 Å². The summed E-state index contributed by atoms with van der Waals surface area (Å²) in [6, 6.07) is 13.1. The summed E-state index contributed by atoms with van der Waals surface area (Å²) < 4.78 is 12.7. The van der Waals surface area contributed by atoms with Crippen molar-refractivity contribution >= 4 is 23.2 Å². The van der Waals surface area contributed by atoms with Crippen LogP contribution in [0.2, 0.25) is 5.02 Å². The Balaban J connectivity index is 1.76. The van der Waals surface area contributed by atoms with E-state index in [1.807, 2.05) is 18.2 Å². The Morgan fingerprint density at radius 3 is 2.60 bits per heavy atom. The lowest BCUT2D eigenvalue weighted by Crippen LogP contribution is -2.27. The second kappa shape index (κ2) is 7.03. The molecule has 0 radical (unpaired) electrons. The maximum absolute atomic E-state index is 12.7. The van der Waals surface area contributed by atoms with Crippen LogP contribution in [0.5, 0.6) is 0 Å². The minimum Gasteiger partial charge on any atom is -0.325 e. The summed E-state index contributed by atoms with van der Waals surface area (Å²) in [6.07, 6.45) is 0. The lowest BCUT2D eigenvalue weighted by Gasteiger charge is -2.07. The number of carbonyl (C=O) groups excluding carboxylic acids is 1. The number of benzene rings is 2. The highest BCUT2D eigenvalue weighted by Gasteiger charge is 2.02. The van der Waals surface area contributed by atoms with E-state index < -0.39 is 0 Å². The molecule has 0 aromatic heterocycles. The van der Waals surface area contributed by atoms with E-state index in [1.54, 1.807) is 6.07 Å². The van der Waals surface area contributed by atoms with Crippen LogP contribution in [0.4, 0.5) is 10.1 Å². The van der Waals surface area contributed by atoms with Gasteiger partial charge >= 0.3 is 0 Å². The summed E-state index contributed by atoms with van der Waals surface area (Å²) >= 11 is 5.87. The second-order valence-corrected chi connectivity index (χ2v) is 4.72. The molecule has 0 aliphatic rings. The lowest BCUT2D eigenvalue weighted by atomic mass is 10.2. The van der Waals surface area contributed by atoms with Crippen LogP contribution >= 0.6 is 11.6 Å². The largest absolute Gasteiger partial charge is 0.325 e. The average Bonchev–Trinajstić information content (AvgIpc) is 2.41. The first-order valence-corrected chi connectivity index (χ1v) is 6.52. The predicted molar refractivity (Wildman–Crippen MR) is 78.2 cm³/mol. The molecule has 0 aliphatic heterocycles. The van der Waals surface area contributed by atoms with E-state index in [4.69, 9.17) is 11.6 Å². The standard InChI is InChI=1S/C15H14ClFN2O/c16-12-3-1-2-11(8-12)9-18-10-15(20)19-14-6-4-13(17)5-7-14/h1-8,18H,9-10H2,(H,19,20). The molecule has 0 unspecified atom stereocenters. The Hall–Kier alpha value is -1.91. The van der Waals surface area contributed by atoms with Crippen molar-refractivity contribution in [2.24, 2.45) is 0 Å². The molecule has 0 heterocycles. The molecule has 0 spiro atoms. The zero-order chi connectivity index (χ0) is 14.4. The van der Waals surface area contributed by atoms with E-state index in [2.05, 4.69) is 10.6 Å². The number of halogens is 2. The molecule has 2 aromatic carbocycles. The van der Waals surface area contributed by atoms with Gasteiger partial charge in [-0.05, 0) is 42.0 Å². The van der Waals surface area contributed by atoms with Crippen molar-refractivity contribution in [2.75, 3.05) is 11.9 Å². The summed E-state index contributed by atoms with van der Waals surface area (Å²) in [5.74, 6) is -0.513. The fourth-order valence-electron chi connectivity index (χ4n) is 1.71. The zero-order valence-corrected chi connectivity index (χ0v) is 11.5. The number of rotatable bonds is 5. The lowest BCUT2D eigenvalue weighted by molar-refractivity contribution is -0.115. The van der Waals surface area contributed by atoms with E-state index in [1.165, 1.54) is 24.3 Å². The summed E-state index contributed by atoms with van der Waals surface area (Å²) in [7, 11) is 0. The molecular formula is C15H14ClFN2O. The van der Waals surface area contributed by atoms with Crippen LogP contribution in [0.15, 0.2) is 48.5 Å². The first-order valence-electron chi connectivity index (χ1n) is 6.14. The summed E-state index contributed by atoms with van der Waals surface area (Å²) in [5.41, 5.74) is 1.58. The number of amides is 1. The Morgan fingerprint density at radius 1 is 1.15 bits per heavy atom. The highest BCUT2D eigenvalue weighted by atomic mass is 35.5. The number of hydrogen-bond donors (Lipinski definition) is 2. The van der Waals surface area contributed by atoms with Gasteiger partial charge in [0.25, 0.3) is 0 Å². The molecule has 2 aromatic rings. The van der Waals surface area contributed by atoms with Crippen LogP contribution in [0.1, 0.15) is 5.56 Å². The van der Waals surface area contributed by atoms with Crippen LogP contribution in [0, 0.1) is 5.82 Å². The number of anilines is 1. The van der Waals surface area contributed by atoms with Crippen LogP contribution in [0.25, 0.3) is 0 Å². The number of carbonyl (C=O) groups is 1. The topological polar surface area (TPSA) is 41.1 Å². The highest BCUT2D eigenvalue weighted by Crippen LogP contribution is 2.10. The first kappa shape index (κ1) is 14.5. The summed E-state index contributed by atoms with van der Waals surface area (Å²) in [6.45, 7) is 0.723. The molecule has 0 saturated heterocycles. The smallest absolute Gasteiger partial charge is 0.238 e. The van der Waals surface area contributed by atoms with Crippen molar-refractivity contribution in [3.63, 3.8) is 0 Å². The van der Waals surface area contributed by atoms with E-state index in [0.717, 1.165) is 5.56 Å². The van der Waals surface area contributed by atoms with Gasteiger partial charge in [0, 0.05) is 17.3 Å². The van der Waals surface area contributed by atoms with Crippen molar-refractivity contribution in [1.82, 2.24) is 5.32 Å². The molecule has 2 rings (SSSR count). The van der Waals surface area contributed by atoms with Crippen molar-refractivity contribution < 1.29 is 9.18 Å². The molecule has 0 aliphatic carbocycles. The number of nitrogens with one attached hydrogen (secondary N) is 2.